The molecule has 0 amide bonds. The van der Waals surface area contributed by atoms with E-state index in [0.29, 0.717) is 15.7 Å². The number of halogens is 1. The van der Waals surface area contributed by atoms with E-state index >= 15 is 0 Å². The van der Waals surface area contributed by atoms with Crippen molar-refractivity contribution >= 4 is 31.6 Å². The summed E-state index contributed by atoms with van der Waals surface area (Å²) in [5.74, 6) is 0. The maximum Gasteiger partial charge on any atom is 0.261 e. The Kier molecular flexibility index (Phi) is 4.12. The zero-order chi connectivity index (χ0) is 14.8. The Labute approximate surface area is 126 Å². The molecule has 0 unspecified atom stereocenters. The van der Waals surface area contributed by atoms with Crippen molar-refractivity contribution in [2.45, 2.75) is 11.8 Å². The number of benzene rings is 2. The highest BCUT2D eigenvalue weighted by molar-refractivity contribution is 9.10. The summed E-state index contributed by atoms with van der Waals surface area (Å²) in [5, 5.41) is 8.71. The highest BCUT2D eigenvalue weighted by atomic mass is 79.9. The summed E-state index contributed by atoms with van der Waals surface area (Å²) < 4.78 is 27.7. The average Bonchev–Trinajstić information content (AvgIpc) is 2.44. The van der Waals surface area contributed by atoms with Gasteiger partial charge in [-0.25, -0.2) is 8.42 Å². The molecule has 0 saturated carbocycles. The number of hydrogen-bond acceptors (Lipinski definition) is 3. The third-order valence-electron chi connectivity index (χ3n) is 2.73. The van der Waals surface area contributed by atoms with E-state index in [1.165, 1.54) is 24.3 Å². The van der Waals surface area contributed by atoms with E-state index in [-0.39, 0.29) is 4.90 Å². The summed E-state index contributed by atoms with van der Waals surface area (Å²) >= 11 is 3.36. The number of rotatable bonds is 3. The number of aryl methyl sites for hydroxylation is 1. The predicted octanol–water partition coefficient (Wildman–Crippen LogP) is 3.43. The lowest BCUT2D eigenvalue weighted by Gasteiger charge is -2.11. The average molecular weight is 351 g/mol. The van der Waals surface area contributed by atoms with Crippen LogP contribution >= 0.6 is 15.9 Å². The zero-order valence-electron chi connectivity index (χ0n) is 10.6. The molecule has 1 N–H and O–H groups in total. The molecule has 0 spiro atoms. The topological polar surface area (TPSA) is 70.0 Å². The Morgan fingerprint density at radius 2 is 1.80 bits per heavy atom. The van der Waals surface area contributed by atoms with E-state index in [1.54, 1.807) is 12.1 Å². The maximum absolute atomic E-state index is 12.2. The van der Waals surface area contributed by atoms with Gasteiger partial charge in [-0.2, -0.15) is 5.26 Å². The van der Waals surface area contributed by atoms with Gasteiger partial charge in [0.25, 0.3) is 10.0 Å². The van der Waals surface area contributed by atoms with E-state index in [1.807, 2.05) is 19.1 Å². The molecule has 0 saturated heterocycles. The molecule has 2 rings (SSSR count). The highest BCUT2D eigenvalue weighted by Gasteiger charge is 2.15. The Bertz CT molecular complexity index is 778. The van der Waals surface area contributed by atoms with Crippen LogP contribution in [0.3, 0.4) is 0 Å². The molecule has 0 aliphatic rings. The molecule has 20 heavy (non-hydrogen) atoms. The van der Waals surface area contributed by atoms with Gasteiger partial charge in [-0.3, -0.25) is 4.72 Å². The fraction of sp³-hybridized carbons (Fsp3) is 0.0714. The van der Waals surface area contributed by atoms with Crippen LogP contribution < -0.4 is 4.72 Å². The van der Waals surface area contributed by atoms with Gasteiger partial charge in [0.2, 0.25) is 0 Å². The SMILES string of the molecule is Cc1cccc(NS(=O)(=O)c2ccc(C#N)cc2)c1Br. The first-order valence-corrected chi connectivity index (χ1v) is 8.00. The van der Waals surface area contributed by atoms with Gasteiger partial charge in [0.05, 0.1) is 22.2 Å². The number of nitrogens with zero attached hydrogens (tertiary/aromatic N) is 1. The standard InChI is InChI=1S/C14H11BrN2O2S/c1-10-3-2-4-13(14(10)15)17-20(18,19)12-7-5-11(9-16)6-8-12/h2-8,17H,1H3. The molecule has 0 aliphatic heterocycles. The quantitative estimate of drug-likeness (QED) is 0.921. The summed E-state index contributed by atoms with van der Waals surface area (Å²) in [4.78, 5) is 0.116. The smallest absolute Gasteiger partial charge is 0.261 e. The number of nitrogens with one attached hydrogen (secondary N) is 1. The minimum atomic E-state index is -3.67. The lowest BCUT2D eigenvalue weighted by atomic mass is 10.2. The van der Waals surface area contributed by atoms with Crippen molar-refractivity contribution in [3.63, 3.8) is 0 Å². The van der Waals surface area contributed by atoms with Crippen LogP contribution in [0.2, 0.25) is 0 Å². The second kappa shape index (κ2) is 5.65. The number of sulfonamides is 1. The van der Waals surface area contributed by atoms with E-state index in [4.69, 9.17) is 5.26 Å². The highest BCUT2D eigenvalue weighted by Crippen LogP contribution is 2.27. The second-order valence-electron chi connectivity index (χ2n) is 4.18. The summed E-state index contributed by atoms with van der Waals surface area (Å²) in [6, 6.07) is 13.0. The minimum absolute atomic E-state index is 0.116. The summed E-state index contributed by atoms with van der Waals surface area (Å²) in [6.45, 7) is 1.88. The van der Waals surface area contributed by atoms with E-state index < -0.39 is 10.0 Å². The van der Waals surface area contributed by atoms with Crippen LogP contribution in [0.25, 0.3) is 0 Å². The Hall–Kier alpha value is -1.84. The van der Waals surface area contributed by atoms with E-state index in [0.717, 1.165) is 5.56 Å². The first-order chi connectivity index (χ1) is 9.44. The van der Waals surface area contributed by atoms with Crippen LogP contribution in [0.1, 0.15) is 11.1 Å². The van der Waals surface area contributed by atoms with Gasteiger partial charge < -0.3 is 0 Å². The molecule has 0 radical (unpaired) electrons. The van der Waals surface area contributed by atoms with Crippen LogP contribution in [-0.2, 0) is 10.0 Å². The minimum Gasteiger partial charge on any atom is -0.278 e. The van der Waals surface area contributed by atoms with Crippen molar-refractivity contribution in [1.29, 1.82) is 5.26 Å². The van der Waals surface area contributed by atoms with Crippen molar-refractivity contribution in [2.75, 3.05) is 4.72 Å². The number of anilines is 1. The van der Waals surface area contributed by atoms with Crippen LogP contribution in [0.4, 0.5) is 5.69 Å². The third-order valence-corrected chi connectivity index (χ3v) is 5.16. The third kappa shape index (κ3) is 3.00. The molecule has 0 fully saturated rings. The largest absolute Gasteiger partial charge is 0.278 e. The Morgan fingerprint density at radius 1 is 1.15 bits per heavy atom. The molecular weight excluding hydrogens is 340 g/mol. The molecule has 0 atom stereocenters. The van der Waals surface area contributed by atoms with Gasteiger partial charge in [-0.05, 0) is 58.7 Å². The van der Waals surface area contributed by atoms with Gasteiger partial charge >= 0.3 is 0 Å². The summed E-state index contributed by atoms with van der Waals surface area (Å²) in [5.41, 5.74) is 1.83. The molecule has 4 nitrogen and oxygen atoms in total. The van der Waals surface area contributed by atoms with Crippen molar-refractivity contribution in [3.05, 3.63) is 58.1 Å². The van der Waals surface area contributed by atoms with Gasteiger partial charge in [-0.15, -0.1) is 0 Å². The normalized spacial score (nSPS) is 10.8. The van der Waals surface area contributed by atoms with Crippen LogP contribution in [0, 0.1) is 18.3 Å². The maximum atomic E-state index is 12.2. The molecule has 0 aliphatic carbocycles. The Balaban J connectivity index is 2.36. The van der Waals surface area contributed by atoms with E-state index in [2.05, 4.69) is 20.7 Å². The lowest BCUT2D eigenvalue weighted by molar-refractivity contribution is 0.601. The van der Waals surface area contributed by atoms with Gasteiger partial charge in [0.1, 0.15) is 0 Å². The van der Waals surface area contributed by atoms with Crippen LogP contribution in [0.15, 0.2) is 51.8 Å². The van der Waals surface area contributed by atoms with E-state index in [9.17, 15) is 8.42 Å². The van der Waals surface area contributed by atoms with Crippen molar-refractivity contribution in [3.8, 4) is 6.07 Å². The molecule has 2 aromatic rings. The molecule has 0 heterocycles. The fourth-order valence-corrected chi connectivity index (χ4v) is 3.21. The van der Waals surface area contributed by atoms with Crippen molar-refractivity contribution < 1.29 is 8.42 Å². The first-order valence-electron chi connectivity index (χ1n) is 5.72. The first kappa shape index (κ1) is 14.6. The molecule has 6 heteroatoms. The van der Waals surface area contributed by atoms with Crippen LogP contribution in [-0.4, -0.2) is 8.42 Å². The van der Waals surface area contributed by atoms with Crippen molar-refractivity contribution in [2.24, 2.45) is 0 Å². The van der Waals surface area contributed by atoms with Gasteiger partial charge in [0.15, 0.2) is 0 Å². The molecule has 0 bridgehead atoms. The molecular formula is C14H11BrN2O2S. The zero-order valence-corrected chi connectivity index (χ0v) is 13.0. The molecule has 2 aromatic carbocycles. The molecule has 102 valence electrons. The lowest BCUT2D eigenvalue weighted by Crippen LogP contribution is -2.13. The number of hydrogen-bond donors (Lipinski definition) is 1. The number of nitriles is 1. The summed E-state index contributed by atoms with van der Waals surface area (Å²) in [6.07, 6.45) is 0. The predicted molar refractivity (Wildman–Crippen MR) is 80.8 cm³/mol. The monoisotopic (exact) mass is 350 g/mol. The molecule has 0 aromatic heterocycles. The van der Waals surface area contributed by atoms with Crippen molar-refractivity contribution in [1.82, 2.24) is 0 Å². The Morgan fingerprint density at radius 3 is 2.40 bits per heavy atom. The van der Waals surface area contributed by atoms with Gasteiger partial charge in [-0.1, -0.05) is 12.1 Å². The van der Waals surface area contributed by atoms with Gasteiger partial charge in [0, 0.05) is 4.47 Å². The second-order valence-corrected chi connectivity index (χ2v) is 6.65. The summed E-state index contributed by atoms with van der Waals surface area (Å²) in [7, 11) is -3.67. The fourth-order valence-electron chi connectivity index (χ4n) is 1.64. The van der Waals surface area contributed by atoms with Crippen LogP contribution in [0.5, 0.6) is 0 Å².